The third-order valence-electron chi connectivity index (χ3n) is 4.27. The summed E-state index contributed by atoms with van der Waals surface area (Å²) in [5.74, 6) is 2.15. The topological polar surface area (TPSA) is 92.1 Å². The largest absolute Gasteiger partial charge is 0.368 e. The summed E-state index contributed by atoms with van der Waals surface area (Å²) >= 11 is 1.81. The number of nitrogens with one attached hydrogen (secondary N) is 3. The van der Waals surface area contributed by atoms with Crippen LogP contribution in [-0.4, -0.2) is 51.9 Å². The van der Waals surface area contributed by atoms with E-state index in [1.165, 1.54) is 4.88 Å². The fraction of sp³-hybridized carbons (Fsp3) is 0.474. The molecule has 0 aliphatic heterocycles. The van der Waals surface area contributed by atoms with Crippen LogP contribution in [0.5, 0.6) is 0 Å². The van der Waals surface area contributed by atoms with Gasteiger partial charge in [0.15, 0.2) is 11.6 Å². The standard InChI is InChI=1S/C19H28N8S/c1-4-20-19(23-11-14(2)10-15-6-5-9-28-15)22-8-7-21-17-16-12-26-27(3)18(16)25-13-24-17/h5-6,9,12-14H,4,7-8,10-11H2,1-3H3,(H2,20,22,23)(H,21,24,25). The van der Waals surface area contributed by atoms with E-state index < -0.39 is 0 Å². The number of nitrogens with zero attached hydrogens (tertiary/aromatic N) is 5. The molecule has 3 heterocycles. The molecule has 28 heavy (non-hydrogen) atoms. The van der Waals surface area contributed by atoms with Crippen LogP contribution in [0, 0.1) is 5.92 Å². The zero-order valence-corrected chi connectivity index (χ0v) is 17.5. The summed E-state index contributed by atoms with van der Waals surface area (Å²) in [6.45, 7) is 7.39. The lowest BCUT2D eigenvalue weighted by molar-refractivity contribution is 0.595. The lowest BCUT2D eigenvalue weighted by atomic mass is 10.1. The van der Waals surface area contributed by atoms with E-state index in [1.807, 2.05) is 18.4 Å². The SMILES string of the molecule is CCNC(=NCC(C)Cc1cccs1)NCCNc1ncnc2c1cnn2C. The zero-order chi connectivity index (χ0) is 19.8. The van der Waals surface area contributed by atoms with Gasteiger partial charge in [0.1, 0.15) is 12.1 Å². The van der Waals surface area contributed by atoms with Crippen LogP contribution in [0.25, 0.3) is 11.0 Å². The quantitative estimate of drug-likeness (QED) is 0.290. The number of hydrogen-bond donors (Lipinski definition) is 3. The molecular formula is C19H28N8S. The fourth-order valence-electron chi connectivity index (χ4n) is 2.89. The van der Waals surface area contributed by atoms with Gasteiger partial charge in [0.2, 0.25) is 0 Å². The van der Waals surface area contributed by atoms with E-state index >= 15 is 0 Å². The van der Waals surface area contributed by atoms with Gasteiger partial charge in [0.05, 0.1) is 11.6 Å². The van der Waals surface area contributed by atoms with E-state index in [0.717, 1.165) is 55.4 Å². The molecule has 0 aliphatic rings. The molecule has 3 rings (SSSR count). The molecule has 0 saturated heterocycles. The number of aryl methyl sites for hydroxylation is 1. The fourth-order valence-corrected chi connectivity index (χ4v) is 3.76. The summed E-state index contributed by atoms with van der Waals surface area (Å²) in [6, 6.07) is 4.29. The molecule has 0 radical (unpaired) electrons. The molecule has 0 amide bonds. The molecule has 3 N–H and O–H groups in total. The van der Waals surface area contributed by atoms with Crippen molar-refractivity contribution in [2.45, 2.75) is 20.3 Å². The zero-order valence-electron chi connectivity index (χ0n) is 16.6. The van der Waals surface area contributed by atoms with Gasteiger partial charge in [-0.1, -0.05) is 13.0 Å². The van der Waals surface area contributed by atoms with Crippen LogP contribution in [0.1, 0.15) is 18.7 Å². The van der Waals surface area contributed by atoms with Crippen molar-refractivity contribution < 1.29 is 0 Å². The van der Waals surface area contributed by atoms with Crippen molar-refractivity contribution in [3.05, 3.63) is 34.9 Å². The van der Waals surface area contributed by atoms with Crippen molar-refractivity contribution in [2.24, 2.45) is 18.0 Å². The monoisotopic (exact) mass is 400 g/mol. The van der Waals surface area contributed by atoms with Gasteiger partial charge in [-0.3, -0.25) is 9.67 Å². The number of anilines is 1. The Hall–Kier alpha value is -2.68. The molecule has 1 unspecified atom stereocenters. The molecule has 3 aromatic heterocycles. The molecule has 0 spiro atoms. The molecule has 9 heteroatoms. The van der Waals surface area contributed by atoms with Gasteiger partial charge in [-0.25, -0.2) is 9.97 Å². The Morgan fingerprint density at radius 3 is 2.96 bits per heavy atom. The first-order valence-electron chi connectivity index (χ1n) is 9.58. The highest BCUT2D eigenvalue weighted by molar-refractivity contribution is 7.09. The minimum atomic E-state index is 0.507. The minimum Gasteiger partial charge on any atom is -0.368 e. The van der Waals surface area contributed by atoms with Crippen molar-refractivity contribution in [2.75, 3.05) is 31.5 Å². The first kappa shape index (κ1) is 20.1. The van der Waals surface area contributed by atoms with Gasteiger partial charge in [-0.2, -0.15) is 5.10 Å². The average Bonchev–Trinajstić information content (AvgIpc) is 3.33. The van der Waals surface area contributed by atoms with Gasteiger partial charge < -0.3 is 16.0 Å². The minimum absolute atomic E-state index is 0.507. The van der Waals surface area contributed by atoms with E-state index in [9.17, 15) is 0 Å². The Kier molecular flexibility index (Phi) is 7.18. The van der Waals surface area contributed by atoms with Crippen molar-refractivity contribution >= 4 is 34.1 Å². The lowest BCUT2D eigenvalue weighted by Gasteiger charge is -2.14. The van der Waals surface area contributed by atoms with Crippen LogP contribution in [0.3, 0.4) is 0 Å². The maximum Gasteiger partial charge on any atom is 0.191 e. The second-order valence-electron chi connectivity index (χ2n) is 6.69. The lowest BCUT2D eigenvalue weighted by Crippen LogP contribution is -2.40. The molecule has 0 fully saturated rings. The molecule has 0 aromatic carbocycles. The van der Waals surface area contributed by atoms with Crippen molar-refractivity contribution in [1.82, 2.24) is 30.4 Å². The summed E-state index contributed by atoms with van der Waals surface area (Å²) in [5.41, 5.74) is 0.820. The highest BCUT2D eigenvalue weighted by Gasteiger charge is 2.08. The Morgan fingerprint density at radius 1 is 1.29 bits per heavy atom. The van der Waals surface area contributed by atoms with E-state index in [-0.39, 0.29) is 0 Å². The summed E-state index contributed by atoms with van der Waals surface area (Å²) in [4.78, 5) is 14.7. The second-order valence-corrected chi connectivity index (χ2v) is 7.72. The maximum atomic E-state index is 4.72. The van der Waals surface area contributed by atoms with Crippen molar-refractivity contribution in [1.29, 1.82) is 0 Å². The first-order valence-corrected chi connectivity index (χ1v) is 10.5. The third-order valence-corrected chi connectivity index (χ3v) is 5.17. The normalized spacial score (nSPS) is 12.9. The van der Waals surface area contributed by atoms with Gasteiger partial charge in [-0.15, -0.1) is 11.3 Å². The van der Waals surface area contributed by atoms with Gasteiger partial charge in [0, 0.05) is 38.1 Å². The number of fused-ring (bicyclic) bond motifs is 1. The van der Waals surface area contributed by atoms with E-state index in [4.69, 9.17) is 4.99 Å². The van der Waals surface area contributed by atoms with E-state index in [2.05, 4.69) is 62.4 Å². The average molecular weight is 401 g/mol. The predicted octanol–water partition coefficient (Wildman–Crippen LogP) is 2.27. The summed E-state index contributed by atoms with van der Waals surface area (Å²) in [7, 11) is 1.87. The first-order chi connectivity index (χ1) is 13.7. The number of hydrogen-bond acceptors (Lipinski definition) is 6. The van der Waals surface area contributed by atoms with E-state index in [0.29, 0.717) is 5.92 Å². The van der Waals surface area contributed by atoms with E-state index in [1.54, 1.807) is 17.2 Å². The molecule has 150 valence electrons. The molecule has 0 saturated carbocycles. The van der Waals surface area contributed by atoms with Crippen LogP contribution in [0.2, 0.25) is 0 Å². The number of thiophene rings is 1. The van der Waals surface area contributed by atoms with Crippen LogP contribution < -0.4 is 16.0 Å². The highest BCUT2D eigenvalue weighted by Crippen LogP contribution is 2.17. The van der Waals surface area contributed by atoms with Crippen LogP contribution >= 0.6 is 11.3 Å². The summed E-state index contributed by atoms with van der Waals surface area (Å²) in [6.07, 6.45) is 4.41. The Bertz CT molecular complexity index is 887. The molecule has 8 nitrogen and oxygen atoms in total. The van der Waals surface area contributed by atoms with Crippen molar-refractivity contribution in [3.8, 4) is 0 Å². The highest BCUT2D eigenvalue weighted by atomic mass is 32.1. The summed E-state index contributed by atoms with van der Waals surface area (Å²) in [5, 5.41) is 17.3. The van der Waals surface area contributed by atoms with Gasteiger partial charge in [0.25, 0.3) is 0 Å². The molecule has 3 aromatic rings. The predicted molar refractivity (Wildman–Crippen MR) is 116 cm³/mol. The number of aliphatic imine (C=N–C) groups is 1. The van der Waals surface area contributed by atoms with Crippen LogP contribution in [-0.2, 0) is 13.5 Å². The second kappa shape index (κ2) is 10.0. The Balaban J connectivity index is 1.47. The molecule has 0 aliphatic carbocycles. The smallest absolute Gasteiger partial charge is 0.191 e. The Morgan fingerprint density at radius 2 is 2.18 bits per heavy atom. The van der Waals surface area contributed by atoms with Gasteiger partial charge in [-0.05, 0) is 30.7 Å². The number of guanidine groups is 1. The van der Waals surface area contributed by atoms with Crippen LogP contribution in [0.15, 0.2) is 35.0 Å². The molecule has 0 bridgehead atoms. The Labute approximate surface area is 169 Å². The number of aromatic nitrogens is 4. The third kappa shape index (κ3) is 5.41. The van der Waals surface area contributed by atoms with Gasteiger partial charge >= 0.3 is 0 Å². The molecule has 1 atom stereocenters. The molecular weight excluding hydrogens is 372 g/mol. The van der Waals surface area contributed by atoms with Crippen molar-refractivity contribution in [3.63, 3.8) is 0 Å². The summed E-state index contributed by atoms with van der Waals surface area (Å²) < 4.78 is 1.74. The maximum absolute atomic E-state index is 4.72. The van der Waals surface area contributed by atoms with Crippen LogP contribution in [0.4, 0.5) is 5.82 Å². The number of rotatable bonds is 9.